The van der Waals surface area contributed by atoms with Crippen LogP contribution in [0.4, 0.5) is 10.8 Å². The minimum absolute atomic E-state index is 0.291. The number of benzene rings is 1. The average Bonchev–Trinajstić information content (AvgIpc) is 2.77. The van der Waals surface area contributed by atoms with Crippen molar-refractivity contribution < 1.29 is 9.59 Å². The quantitative estimate of drug-likeness (QED) is 0.831. The number of thiazole rings is 1. The minimum Gasteiger partial charge on any atom is -0.317 e. The van der Waals surface area contributed by atoms with Crippen LogP contribution in [0.15, 0.2) is 24.3 Å². The number of amides is 2. The highest BCUT2D eigenvalue weighted by atomic mass is 32.1. The van der Waals surface area contributed by atoms with Gasteiger partial charge in [0.1, 0.15) is 6.07 Å². The highest BCUT2D eigenvalue weighted by Gasteiger charge is 2.17. The molecule has 0 unspecified atom stereocenters. The van der Waals surface area contributed by atoms with Gasteiger partial charge < -0.3 is 5.32 Å². The third-order valence-corrected chi connectivity index (χ3v) is 3.74. The molecule has 1 heterocycles. The summed E-state index contributed by atoms with van der Waals surface area (Å²) in [6, 6.07) is 8.40. The predicted octanol–water partition coefficient (Wildman–Crippen LogP) is 2.21. The molecule has 1 aromatic carbocycles. The van der Waals surface area contributed by atoms with Gasteiger partial charge in [-0.15, -0.1) is 11.3 Å². The summed E-state index contributed by atoms with van der Waals surface area (Å²) in [5, 5.41) is 14.1. The number of nitriles is 1. The van der Waals surface area contributed by atoms with E-state index in [9.17, 15) is 9.59 Å². The van der Waals surface area contributed by atoms with Gasteiger partial charge in [-0.25, -0.2) is 4.98 Å². The number of para-hydroxylation sites is 1. The van der Waals surface area contributed by atoms with E-state index in [-0.39, 0.29) is 0 Å². The molecule has 2 aromatic rings. The summed E-state index contributed by atoms with van der Waals surface area (Å²) in [4.78, 5) is 28.7. The number of hydrogen-bond donors (Lipinski definition) is 2. The number of aryl methyl sites for hydroxylation is 2. The van der Waals surface area contributed by atoms with Crippen LogP contribution in [0.3, 0.4) is 0 Å². The lowest BCUT2D eigenvalue weighted by atomic mass is 10.2. The molecule has 7 heteroatoms. The molecule has 0 aliphatic carbocycles. The number of rotatable bonds is 2. The molecule has 2 rings (SSSR count). The van der Waals surface area contributed by atoms with Crippen LogP contribution in [0.25, 0.3) is 0 Å². The zero-order chi connectivity index (χ0) is 15.4. The van der Waals surface area contributed by atoms with Gasteiger partial charge in [0.15, 0.2) is 5.13 Å². The molecule has 0 radical (unpaired) electrons. The lowest BCUT2D eigenvalue weighted by Crippen LogP contribution is -2.29. The Balaban J connectivity index is 2.06. The van der Waals surface area contributed by atoms with E-state index in [1.165, 1.54) is 11.3 Å². The van der Waals surface area contributed by atoms with E-state index in [0.717, 1.165) is 10.6 Å². The van der Waals surface area contributed by atoms with Crippen LogP contribution in [0.5, 0.6) is 0 Å². The van der Waals surface area contributed by atoms with Crippen LogP contribution in [-0.2, 0) is 9.59 Å². The Labute approximate surface area is 125 Å². The molecule has 0 aliphatic heterocycles. The van der Waals surface area contributed by atoms with E-state index in [1.54, 1.807) is 24.3 Å². The number of hydrogen-bond acceptors (Lipinski definition) is 5. The minimum atomic E-state index is -0.844. The van der Waals surface area contributed by atoms with Crippen molar-refractivity contribution >= 4 is 34.0 Å². The Morgan fingerprint density at radius 3 is 2.48 bits per heavy atom. The van der Waals surface area contributed by atoms with Crippen molar-refractivity contribution in [2.45, 2.75) is 13.8 Å². The second kappa shape index (κ2) is 6.15. The van der Waals surface area contributed by atoms with Crippen molar-refractivity contribution in [3.63, 3.8) is 0 Å². The van der Waals surface area contributed by atoms with Crippen LogP contribution < -0.4 is 10.6 Å². The van der Waals surface area contributed by atoms with Gasteiger partial charge in [0.05, 0.1) is 16.9 Å². The molecule has 6 nitrogen and oxygen atoms in total. The number of carbonyl (C=O) groups is 2. The van der Waals surface area contributed by atoms with Crippen molar-refractivity contribution in [3.05, 3.63) is 40.4 Å². The fraction of sp³-hybridized carbons (Fsp3) is 0.143. The first-order chi connectivity index (χ1) is 10.0. The molecule has 0 aliphatic rings. The van der Waals surface area contributed by atoms with Crippen LogP contribution in [0.2, 0.25) is 0 Å². The van der Waals surface area contributed by atoms with Gasteiger partial charge in [0.25, 0.3) is 0 Å². The first kappa shape index (κ1) is 14.7. The van der Waals surface area contributed by atoms with Crippen LogP contribution in [0.1, 0.15) is 16.1 Å². The Hall–Kier alpha value is -2.72. The summed E-state index contributed by atoms with van der Waals surface area (Å²) in [5.74, 6) is -1.67. The largest absolute Gasteiger partial charge is 0.317 e. The molecule has 21 heavy (non-hydrogen) atoms. The number of nitrogens with zero attached hydrogens (tertiary/aromatic N) is 2. The average molecular weight is 300 g/mol. The molecule has 0 atom stereocenters. The van der Waals surface area contributed by atoms with E-state index in [0.29, 0.717) is 16.4 Å². The normalized spacial score (nSPS) is 9.76. The highest BCUT2D eigenvalue weighted by Crippen LogP contribution is 2.21. The second-order valence-corrected chi connectivity index (χ2v) is 5.43. The first-order valence-corrected chi connectivity index (χ1v) is 6.88. The predicted molar refractivity (Wildman–Crippen MR) is 80.0 cm³/mol. The summed E-state index contributed by atoms with van der Waals surface area (Å²) in [6.07, 6.45) is 0. The zero-order valence-corrected chi connectivity index (χ0v) is 12.2. The zero-order valence-electron chi connectivity index (χ0n) is 11.4. The van der Waals surface area contributed by atoms with Gasteiger partial charge in [0, 0.05) is 4.88 Å². The monoisotopic (exact) mass is 300 g/mol. The van der Waals surface area contributed by atoms with E-state index in [4.69, 9.17) is 5.26 Å². The van der Waals surface area contributed by atoms with Crippen LogP contribution in [0, 0.1) is 25.2 Å². The van der Waals surface area contributed by atoms with Crippen LogP contribution in [-0.4, -0.2) is 16.8 Å². The Morgan fingerprint density at radius 1 is 1.19 bits per heavy atom. The molecular formula is C14H12N4O2S. The van der Waals surface area contributed by atoms with Crippen molar-refractivity contribution in [3.8, 4) is 6.07 Å². The van der Waals surface area contributed by atoms with Gasteiger partial charge in [0.2, 0.25) is 0 Å². The highest BCUT2D eigenvalue weighted by molar-refractivity contribution is 7.15. The maximum atomic E-state index is 11.8. The fourth-order valence-electron chi connectivity index (χ4n) is 1.55. The Bertz CT molecular complexity index is 726. The molecule has 2 amide bonds. The van der Waals surface area contributed by atoms with Crippen molar-refractivity contribution in [2.24, 2.45) is 0 Å². The van der Waals surface area contributed by atoms with Gasteiger partial charge >= 0.3 is 11.8 Å². The van der Waals surface area contributed by atoms with Gasteiger partial charge in [-0.05, 0) is 26.0 Å². The third kappa shape index (κ3) is 3.43. The molecule has 2 N–H and O–H groups in total. The van der Waals surface area contributed by atoms with E-state index < -0.39 is 11.8 Å². The molecule has 0 bridgehead atoms. The number of carbonyl (C=O) groups excluding carboxylic acids is 2. The maximum absolute atomic E-state index is 11.8. The number of nitrogens with one attached hydrogen (secondary N) is 2. The summed E-state index contributed by atoms with van der Waals surface area (Å²) < 4.78 is 0. The first-order valence-electron chi connectivity index (χ1n) is 6.06. The molecule has 1 aromatic heterocycles. The number of aromatic nitrogens is 1. The molecule has 106 valence electrons. The Kier molecular flexibility index (Phi) is 4.30. The summed E-state index contributed by atoms with van der Waals surface area (Å²) in [7, 11) is 0. The SMILES string of the molecule is Cc1nc(NC(=O)C(=O)Nc2ccccc2C#N)sc1C. The lowest BCUT2D eigenvalue weighted by Gasteiger charge is -2.05. The van der Waals surface area contributed by atoms with E-state index in [1.807, 2.05) is 19.9 Å². The standard InChI is InChI=1S/C14H12N4O2S/c1-8-9(2)21-14(16-8)18-13(20)12(19)17-11-6-4-3-5-10(11)7-15/h3-6H,1-2H3,(H,17,19)(H,16,18,20). The topological polar surface area (TPSA) is 94.9 Å². The second-order valence-electron chi connectivity index (χ2n) is 4.23. The van der Waals surface area contributed by atoms with Crippen molar-refractivity contribution in [2.75, 3.05) is 10.6 Å². The molecule has 0 fully saturated rings. The summed E-state index contributed by atoms with van der Waals surface area (Å²) in [5.41, 5.74) is 1.40. The van der Waals surface area contributed by atoms with Gasteiger partial charge in [-0.1, -0.05) is 12.1 Å². The van der Waals surface area contributed by atoms with E-state index in [2.05, 4.69) is 15.6 Å². The van der Waals surface area contributed by atoms with Crippen molar-refractivity contribution in [1.29, 1.82) is 5.26 Å². The smallest absolute Gasteiger partial charge is 0.315 e. The fourth-order valence-corrected chi connectivity index (χ4v) is 2.36. The Morgan fingerprint density at radius 2 is 1.86 bits per heavy atom. The third-order valence-electron chi connectivity index (χ3n) is 2.75. The molecule has 0 saturated carbocycles. The van der Waals surface area contributed by atoms with Crippen LogP contribution >= 0.6 is 11.3 Å². The lowest BCUT2D eigenvalue weighted by molar-refractivity contribution is -0.133. The van der Waals surface area contributed by atoms with Gasteiger partial charge in [-0.2, -0.15) is 5.26 Å². The molecular weight excluding hydrogens is 288 g/mol. The molecule has 0 saturated heterocycles. The van der Waals surface area contributed by atoms with Crippen molar-refractivity contribution in [1.82, 2.24) is 4.98 Å². The van der Waals surface area contributed by atoms with E-state index >= 15 is 0 Å². The number of anilines is 2. The van der Waals surface area contributed by atoms with Gasteiger partial charge in [-0.3, -0.25) is 14.9 Å². The maximum Gasteiger partial charge on any atom is 0.315 e. The summed E-state index contributed by atoms with van der Waals surface area (Å²) >= 11 is 1.30. The molecule has 0 spiro atoms. The summed E-state index contributed by atoms with van der Waals surface area (Å²) in [6.45, 7) is 3.70.